The molecule has 2 aliphatic heterocycles. The summed E-state index contributed by atoms with van der Waals surface area (Å²) in [5.74, 6) is 0.243. The molecule has 1 aromatic heterocycles. The van der Waals surface area contributed by atoms with Crippen molar-refractivity contribution in [2.45, 2.75) is 6.92 Å². The van der Waals surface area contributed by atoms with Crippen molar-refractivity contribution in [3.8, 4) is 0 Å². The van der Waals surface area contributed by atoms with Crippen LogP contribution in [0.4, 0.5) is 6.01 Å². The first kappa shape index (κ1) is 17.3. The Morgan fingerprint density at radius 1 is 1.00 bits per heavy atom. The average molecular weight is 357 g/mol. The first-order chi connectivity index (χ1) is 12.7. The van der Waals surface area contributed by atoms with Gasteiger partial charge in [0.1, 0.15) is 5.52 Å². The highest BCUT2D eigenvalue weighted by molar-refractivity contribution is 5.78. The third-order valence-electron chi connectivity index (χ3n) is 5.46. The van der Waals surface area contributed by atoms with E-state index in [-0.39, 0.29) is 5.91 Å². The van der Waals surface area contributed by atoms with Gasteiger partial charge < -0.3 is 19.1 Å². The molecule has 0 atom stereocenters. The van der Waals surface area contributed by atoms with Crippen LogP contribution in [0, 0.1) is 0 Å². The van der Waals surface area contributed by atoms with E-state index in [0.29, 0.717) is 12.6 Å². The topological polar surface area (TPSA) is 56.1 Å². The Hall–Kier alpha value is -2.12. The predicted molar refractivity (Wildman–Crippen MR) is 101 cm³/mol. The number of oxazole rings is 1. The molecule has 0 bridgehead atoms. The van der Waals surface area contributed by atoms with Crippen LogP contribution < -0.4 is 4.90 Å². The number of amides is 1. The standard InChI is InChI=1S/C19H27N5O2/c1-2-21-7-9-22(10-8-21)15-18(25)23-11-13-24(14-12-23)19-20-16-5-3-4-6-17(16)26-19/h3-6H,2,7-15H2,1H3. The summed E-state index contributed by atoms with van der Waals surface area (Å²) in [6, 6.07) is 8.47. The molecule has 2 saturated heterocycles. The van der Waals surface area contributed by atoms with Gasteiger partial charge in [0.05, 0.1) is 6.54 Å². The van der Waals surface area contributed by atoms with Crippen LogP contribution in [0.1, 0.15) is 6.92 Å². The number of benzene rings is 1. The Balaban J connectivity index is 1.28. The van der Waals surface area contributed by atoms with Crippen LogP contribution in [-0.2, 0) is 4.79 Å². The average Bonchev–Trinajstić information content (AvgIpc) is 3.13. The lowest BCUT2D eigenvalue weighted by atomic mass is 10.3. The number of likely N-dealkylation sites (N-methyl/N-ethyl adjacent to an activating group) is 1. The molecule has 0 N–H and O–H groups in total. The highest BCUT2D eigenvalue weighted by atomic mass is 16.4. The fourth-order valence-electron chi connectivity index (χ4n) is 3.70. The minimum atomic E-state index is 0.243. The molecule has 0 saturated carbocycles. The normalized spacial score (nSPS) is 20.0. The van der Waals surface area contributed by atoms with E-state index in [1.54, 1.807) is 0 Å². The summed E-state index contributed by atoms with van der Waals surface area (Å²) in [6.07, 6.45) is 0. The molecular weight excluding hydrogens is 330 g/mol. The maximum Gasteiger partial charge on any atom is 0.298 e. The zero-order chi connectivity index (χ0) is 17.9. The minimum absolute atomic E-state index is 0.243. The maximum absolute atomic E-state index is 12.6. The van der Waals surface area contributed by atoms with Gasteiger partial charge in [-0.05, 0) is 18.7 Å². The number of anilines is 1. The van der Waals surface area contributed by atoms with Gasteiger partial charge in [-0.25, -0.2) is 0 Å². The van der Waals surface area contributed by atoms with Crippen molar-refractivity contribution in [3.63, 3.8) is 0 Å². The minimum Gasteiger partial charge on any atom is -0.423 e. The van der Waals surface area contributed by atoms with Crippen molar-refractivity contribution in [3.05, 3.63) is 24.3 Å². The van der Waals surface area contributed by atoms with Crippen LogP contribution in [0.2, 0.25) is 0 Å². The number of nitrogens with zero attached hydrogens (tertiary/aromatic N) is 5. The number of piperazine rings is 2. The quantitative estimate of drug-likeness (QED) is 0.817. The molecule has 2 aromatic rings. The van der Waals surface area contributed by atoms with Crippen LogP contribution in [0.5, 0.6) is 0 Å². The van der Waals surface area contributed by atoms with Gasteiger partial charge in [0, 0.05) is 52.4 Å². The van der Waals surface area contributed by atoms with E-state index in [1.165, 1.54) is 0 Å². The highest BCUT2D eigenvalue weighted by Crippen LogP contribution is 2.22. The third kappa shape index (κ3) is 3.68. The summed E-state index contributed by atoms with van der Waals surface area (Å²) < 4.78 is 5.84. The molecule has 1 amide bonds. The van der Waals surface area contributed by atoms with Gasteiger partial charge in [-0.1, -0.05) is 19.1 Å². The summed E-state index contributed by atoms with van der Waals surface area (Å²) in [6.45, 7) is 10.9. The Bertz CT molecular complexity index is 712. The number of hydrogen-bond donors (Lipinski definition) is 0. The smallest absolute Gasteiger partial charge is 0.298 e. The molecule has 2 fully saturated rings. The Labute approximate surface area is 154 Å². The lowest BCUT2D eigenvalue weighted by Gasteiger charge is -2.37. The molecule has 0 spiro atoms. The summed E-state index contributed by atoms with van der Waals surface area (Å²) in [7, 11) is 0. The van der Waals surface area contributed by atoms with Gasteiger partial charge in [-0.3, -0.25) is 9.69 Å². The second kappa shape index (κ2) is 7.63. The van der Waals surface area contributed by atoms with Gasteiger partial charge in [0.25, 0.3) is 6.01 Å². The van der Waals surface area contributed by atoms with Gasteiger partial charge in [0.2, 0.25) is 5.91 Å². The lowest BCUT2D eigenvalue weighted by molar-refractivity contribution is -0.133. The fraction of sp³-hybridized carbons (Fsp3) is 0.579. The zero-order valence-electron chi connectivity index (χ0n) is 15.4. The number of para-hydroxylation sites is 2. The van der Waals surface area contributed by atoms with E-state index in [2.05, 4.69) is 26.6 Å². The van der Waals surface area contributed by atoms with Crippen molar-refractivity contribution < 1.29 is 9.21 Å². The summed E-state index contributed by atoms with van der Waals surface area (Å²) in [5.41, 5.74) is 1.69. The van der Waals surface area contributed by atoms with Gasteiger partial charge in [0.15, 0.2) is 5.58 Å². The molecule has 26 heavy (non-hydrogen) atoms. The molecular formula is C19H27N5O2. The summed E-state index contributed by atoms with van der Waals surface area (Å²) in [4.78, 5) is 26.0. The van der Waals surface area contributed by atoms with Gasteiger partial charge in [-0.2, -0.15) is 4.98 Å². The van der Waals surface area contributed by atoms with Gasteiger partial charge >= 0.3 is 0 Å². The molecule has 7 nitrogen and oxygen atoms in total. The summed E-state index contributed by atoms with van der Waals surface area (Å²) in [5, 5.41) is 0. The lowest BCUT2D eigenvalue weighted by Crippen LogP contribution is -2.53. The van der Waals surface area contributed by atoms with Crippen molar-refractivity contribution in [2.24, 2.45) is 0 Å². The maximum atomic E-state index is 12.6. The van der Waals surface area contributed by atoms with Crippen LogP contribution in [0.3, 0.4) is 0 Å². The van der Waals surface area contributed by atoms with Crippen LogP contribution >= 0.6 is 0 Å². The van der Waals surface area contributed by atoms with E-state index >= 15 is 0 Å². The van der Waals surface area contributed by atoms with E-state index in [0.717, 1.165) is 70.0 Å². The monoisotopic (exact) mass is 357 g/mol. The number of carbonyl (C=O) groups excluding carboxylic acids is 1. The van der Waals surface area contributed by atoms with Crippen molar-refractivity contribution in [1.29, 1.82) is 0 Å². The molecule has 0 aliphatic carbocycles. The number of fused-ring (bicyclic) bond motifs is 1. The van der Waals surface area contributed by atoms with E-state index in [9.17, 15) is 4.79 Å². The van der Waals surface area contributed by atoms with Crippen molar-refractivity contribution in [2.75, 3.05) is 70.3 Å². The van der Waals surface area contributed by atoms with E-state index < -0.39 is 0 Å². The van der Waals surface area contributed by atoms with Gasteiger partial charge in [-0.15, -0.1) is 0 Å². The largest absolute Gasteiger partial charge is 0.423 e. The van der Waals surface area contributed by atoms with Crippen molar-refractivity contribution in [1.82, 2.24) is 19.7 Å². The first-order valence-electron chi connectivity index (χ1n) is 9.56. The number of carbonyl (C=O) groups is 1. The van der Waals surface area contributed by atoms with Crippen LogP contribution in [-0.4, -0.2) is 91.0 Å². The third-order valence-corrected chi connectivity index (χ3v) is 5.46. The molecule has 140 valence electrons. The van der Waals surface area contributed by atoms with Crippen LogP contribution in [0.15, 0.2) is 28.7 Å². The fourth-order valence-corrected chi connectivity index (χ4v) is 3.70. The second-order valence-corrected chi connectivity index (χ2v) is 7.04. The van der Waals surface area contributed by atoms with Crippen molar-refractivity contribution >= 4 is 23.0 Å². The number of aromatic nitrogens is 1. The Morgan fingerprint density at radius 2 is 1.69 bits per heavy atom. The Kier molecular flexibility index (Phi) is 5.08. The first-order valence-corrected chi connectivity index (χ1v) is 9.56. The Morgan fingerprint density at radius 3 is 2.38 bits per heavy atom. The molecule has 1 aromatic carbocycles. The highest BCUT2D eigenvalue weighted by Gasteiger charge is 2.26. The van der Waals surface area contributed by atoms with Crippen LogP contribution in [0.25, 0.3) is 11.1 Å². The predicted octanol–water partition coefficient (Wildman–Crippen LogP) is 1.11. The molecule has 2 aliphatic rings. The SMILES string of the molecule is CCN1CCN(CC(=O)N2CCN(c3nc4ccccc4o3)CC2)CC1. The molecule has 7 heteroatoms. The number of hydrogen-bond acceptors (Lipinski definition) is 6. The second-order valence-electron chi connectivity index (χ2n) is 7.04. The van der Waals surface area contributed by atoms with E-state index in [4.69, 9.17) is 4.42 Å². The molecule has 3 heterocycles. The molecule has 0 unspecified atom stereocenters. The molecule has 0 radical (unpaired) electrons. The summed E-state index contributed by atoms with van der Waals surface area (Å²) >= 11 is 0. The number of rotatable bonds is 4. The van der Waals surface area contributed by atoms with E-state index in [1.807, 2.05) is 29.2 Å². The molecule has 4 rings (SSSR count). The zero-order valence-corrected chi connectivity index (χ0v) is 15.4.